The molecular weight excluding hydrogens is 199 g/mol. The Morgan fingerprint density at radius 2 is 1.80 bits per heavy atom. The predicted octanol–water partition coefficient (Wildman–Crippen LogP) is -2.60. The van der Waals surface area contributed by atoms with Crippen LogP contribution in [0.2, 0.25) is 0 Å². The first-order chi connectivity index (χ1) is 6.48. The molecule has 72 valence electrons. The minimum absolute atomic E-state index is 0. The number of carbonyl (C=O) groups is 1. The first-order valence-electron chi connectivity index (χ1n) is 3.58. The van der Waals surface area contributed by atoms with Crippen LogP contribution >= 0.6 is 0 Å². The van der Waals surface area contributed by atoms with E-state index in [2.05, 4.69) is 0 Å². The molecule has 0 aliphatic carbocycles. The maximum Gasteiger partial charge on any atom is 1.00 e. The zero-order valence-corrected chi connectivity index (χ0v) is 7.83. The smallest absolute Gasteiger partial charge is 0.544 e. The van der Waals surface area contributed by atoms with Crippen LogP contribution in [0.25, 0.3) is 0 Å². The standard InChI is InChI=1S/C9H5F2NO2.Li/c10-9(11,8(13)14)7-3-1-6(5-12)2-4-7;/h1-4H,(H,13,14);/q;+1/p-1. The second-order valence-corrected chi connectivity index (χ2v) is 2.55. The van der Waals surface area contributed by atoms with Crippen LogP contribution in [0.4, 0.5) is 8.78 Å². The second kappa shape index (κ2) is 4.93. The molecule has 0 amide bonds. The Balaban J connectivity index is 0.00000196. The Bertz CT molecular complexity index is 398. The molecule has 0 atom stereocenters. The number of rotatable bonds is 2. The number of carbonyl (C=O) groups excluding carboxylic acids is 1. The van der Waals surface area contributed by atoms with E-state index in [1.165, 1.54) is 0 Å². The fourth-order valence-electron chi connectivity index (χ4n) is 0.872. The van der Waals surface area contributed by atoms with Crippen LogP contribution in [0, 0.1) is 11.3 Å². The summed E-state index contributed by atoms with van der Waals surface area (Å²) in [7, 11) is 0. The Morgan fingerprint density at radius 1 is 1.33 bits per heavy atom. The van der Waals surface area contributed by atoms with Crippen LogP contribution in [0.15, 0.2) is 24.3 Å². The van der Waals surface area contributed by atoms with Crippen LogP contribution in [0.1, 0.15) is 11.1 Å². The van der Waals surface area contributed by atoms with E-state index < -0.39 is 17.5 Å². The third-order valence-corrected chi connectivity index (χ3v) is 1.63. The number of aliphatic carboxylic acids is 1. The summed E-state index contributed by atoms with van der Waals surface area (Å²) in [6.07, 6.45) is 0. The summed E-state index contributed by atoms with van der Waals surface area (Å²) >= 11 is 0. The van der Waals surface area contributed by atoms with E-state index in [0.29, 0.717) is 0 Å². The average molecular weight is 203 g/mol. The summed E-state index contributed by atoms with van der Waals surface area (Å²) < 4.78 is 25.5. The van der Waals surface area contributed by atoms with Crippen molar-refractivity contribution in [3.63, 3.8) is 0 Å². The number of alkyl halides is 2. The van der Waals surface area contributed by atoms with Gasteiger partial charge in [-0.2, -0.15) is 14.0 Å². The summed E-state index contributed by atoms with van der Waals surface area (Å²) in [5.74, 6) is -6.48. The van der Waals surface area contributed by atoms with E-state index in [-0.39, 0.29) is 24.4 Å². The normalized spacial score (nSPS) is 9.93. The van der Waals surface area contributed by atoms with Crippen molar-refractivity contribution in [1.29, 1.82) is 5.26 Å². The molecule has 0 saturated heterocycles. The summed E-state index contributed by atoms with van der Waals surface area (Å²) in [6, 6.07) is 5.73. The number of carboxylic acids is 1. The van der Waals surface area contributed by atoms with E-state index in [0.717, 1.165) is 24.3 Å². The number of halogens is 2. The fourth-order valence-corrected chi connectivity index (χ4v) is 0.872. The van der Waals surface area contributed by atoms with Gasteiger partial charge in [-0.1, -0.05) is 12.1 Å². The monoisotopic (exact) mass is 203 g/mol. The number of hydrogen-bond donors (Lipinski definition) is 0. The van der Waals surface area contributed by atoms with E-state index in [4.69, 9.17) is 5.26 Å². The molecule has 15 heavy (non-hydrogen) atoms. The minimum Gasteiger partial charge on any atom is -0.544 e. The summed E-state index contributed by atoms with van der Waals surface area (Å²) in [5, 5.41) is 18.4. The molecule has 1 rings (SSSR count). The predicted molar refractivity (Wildman–Crippen MR) is 40.1 cm³/mol. The molecule has 0 heterocycles. The van der Waals surface area contributed by atoms with E-state index in [1.54, 1.807) is 6.07 Å². The molecule has 0 unspecified atom stereocenters. The van der Waals surface area contributed by atoms with Crippen molar-refractivity contribution < 1.29 is 37.5 Å². The molecule has 1 aromatic carbocycles. The van der Waals surface area contributed by atoms with Crippen LogP contribution in [-0.4, -0.2) is 5.97 Å². The van der Waals surface area contributed by atoms with Crippen molar-refractivity contribution in [1.82, 2.24) is 0 Å². The van der Waals surface area contributed by atoms with Crippen LogP contribution in [-0.2, 0) is 10.7 Å². The van der Waals surface area contributed by atoms with Gasteiger partial charge >= 0.3 is 24.8 Å². The third-order valence-electron chi connectivity index (χ3n) is 1.63. The Kier molecular flexibility index (Phi) is 4.48. The summed E-state index contributed by atoms with van der Waals surface area (Å²) in [4.78, 5) is 10.0. The Morgan fingerprint density at radius 3 is 2.13 bits per heavy atom. The van der Waals surface area contributed by atoms with Crippen molar-refractivity contribution in [2.75, 3.05) is 0 Å². The quantitative estimate of drug-likeness (QED) is 0.495. The molecule has 0 aliphatic heterocycles. The molecule has 0 saturated carbocycles. The van der Waals surface area contributed by atoms with Gasteiger partial charge in [-0.25, -0.2) is 0 Å². The van der Waals surface area contributed by atoms with Gasteiger partial charge in [0.2, 0.25) is 0 Å². The van der Waals surface area contributed by atoms with Gasteiger partial charge in [0.25, 0.3) is 0 Å². The largest absolute Gasteiger partial charge is 1.00 e. The van der Waals surface area contributed by atoms with Gasteiger partial charge in [0.1, 0.15) is 5.97 Å². The number of carboxylic acid groups (broad SMARTS) is 1. The third kappa shape index (κ3) is 2.79. The van der Waals surface area contributed by atoms with Gasteiger partial charge in [-0.05, 0) is 12.1 Å². The zero-order valence-electron chi connectivity index (χ0n) is 7.83. The molecule has 1 aromatic rings. The number of nitriles is 1. The SMILES string of the molecule is N#Cc1ccc(C(F)(F)C(=O)[O-])cc1.[Li+]. The topological polar surface area (TPSA) is 63.9 Å². The number of benzene rings is 1. The Hall–Kier alpha value is -1.36. The summed E-state index contributed by atoms with van der Waals surface area (Å²) in [6.45, 7) is 0. The van der Waals surface area contributed by atoms with Gasteiger partial charge in [0.15, 0.2) is 0 Å². The fraction of sp³-hybridized carbons (Fsp3) is 0.111. The molecule has 0 bridgehead atoms. The Labute approximate surface area is 96.5 Å². The maximum atomic E-state index is 12.8. The van der Waals surface area contributed by atoms with Gasteiger partial charge in [-0.3, -0.25) is 0 Å². The first-order valence-corrected chi connectivity index (χ1v) is 3.58. The van der Waals surface area contributed by atoms with E-state index in [1.807, 2.05) is 0 Å². The van der Waals surface area contributed by atoms with Crippen LogP contribution in [0.5, 0.6) is 0 Å². The van der Waals surface area contributed by atoms with Crippen molar-refractivity contribution >= 4 is 5.97 Å². The summed E-state index contributed by atoms with van der Waals surface area (Å²) in [5.41, 5.74) is -0.514. The first kappa shape index (κ1) is 13.6. The number of hydrogen-bond acceptors (Lipinski definition) is 3. The van der Waals surface area contributed by atoms with Crippen LogP contribution in [0.3, 0.4) is 0 Å². The van der Waals surface area contributed by atoms with E-state index in [9.17, 15) is 18.7 Å². The maximum absolute atomic E-state index is 12.8. The van der Waals surface area contributed by atoms with E-state index >= 15 is 0 Å². The molecule has 0 radical (unpaired) electrons. The minimum atomic E-state index is -4.02. The van der Waals surface area contributed by atoms with Gasteiger partial charge in [0.05, 0.1) is 11.6 Å². The van der Waals surface area contributed by atoms with Gasteiger partial charge < -0.3 is 9.90 Å². The molecule has 6 heteroatoms. The number of nitrogens with zero attached hydrogens (tertiary/aromatic N) is 1. The van der Waals surface area contributed by atoms with Crippen LogP contribution < -0.4 is 24.0 Å². The second-order valence-electron chi connectivity index (χ2n) is 2.55. The van der Waals surface area contributed by atoms with Crippen molar-refractivity contribution in [3.05, 3.63) is 35.4 Å². The average Bonchev–Trinajstić information content (AvgIpc) is 2.17. The molecular formula is C9H4F2LiNO2. The molecule has 0 N–H and O–H groups in total. The molecule has 3 nitrogen and oxygen atoms in total. The molecule has 0 spiro atoms. The molecule has 0 fully saturated rings. The molecule has 0 aliphatic rings. The van der Waals surface area contributed by atoms with Gasteiger partial charge in [-0.15, -0.1) is 0 Å². The zero-order chi connectivity index (χ0) is 10.8. The van der Waals surface area contributed by atoms with Crippen molar-refractivity contribution in [2.45, 2.75) is 5.92 Å². The van der Waals surface area contributed by atoms with Gasteiger partial charge in [0, 0.05) is 5.56 Å². The van der Waals surface area contributed by atoms with Crippen molar-refractivity contribution in [2.24, 2.45) is 0 Å². The molecule has 0 aromatic heterocycles. The van der Waals surface area contributed by atoms with Crippen molar-refractivity contribution in [3.8, 4) is 6.07 Å².